The Morgan fingerprint density at radius 1 is 1.00 bits per heavy atom. The van der Waals surface area contributed by atoms with E-state index in [4.69, 9.17) is 21.1 Å². The molecule has 0 N–H and O–H groups in total. The first kappa shape index (κ1) is 23.0. The maximum atomic E-state index is 13.5. The molecule has 0 atom stereocenters. The third-order valence-electron chi connectivity index (χ3n) is 5.32. The van der Waals surface area contributed by atoms with E-state index < -0.39 is 10.0 Å². The largest absolute Gasteiger partial charge is 0.493 e. The van der Waals surface area contributed by atoms with Crippen LogP contribution in [0.15, 0.2) is 59.8 Å². The van der Waals surface area contributed by atoms with Gasteiger partial charge in [0, 0.05) is 40.4 Å². The van der Waals surface area contributed by atoms with Gasteiger partial charge in [0.05, 0.1) is 35.3 Å². The number of hydrogen-bond donors (Lipinski definition) is 0. The van der Waals surface area contributed by atoms with Crippen LogP contribution in [0.3, 0.4) is 0 Å². The Balaban J connectivity index is 1.99. The molecule has 0 spiro atoms. The van der Waals surface area contributed by atoms with E-state index in [1.54, 1.807) is 44.6 Å². The SMILES string of the molecule is COc1cc2c(-c3cc(Cl)cn3S(=O)(=O)c3ccc(C)cc3)cn(CCI)c2cc1OC. The minimum Gasteiger partial charge on any atom is -0.493 e. The minimum atomic E-state index is -3.85. The normalized spacial score (nSPS) is 11.8. The molecule has 0 aliphatic rings. The lowest BCUT2D eigenvalue weighted by atomic mass is 10.1. The van der Waals surface area contributed by atoms with Crippen LogP contribution < -0.4 is 9.47 Å². The lowest BCUT2D eigenvalue weighted by Gasteiger charge is -2.11. The molecule has 0 amide bonds. The van der Waals surface area contributed by atoms with Crippen LogP contribution in [0, 0.1) is 6.92 Å². The van der Waals surface area contributed by atoms with Crippen LogP contribution in [0.25, 0.3) is 22.2 Å². The molecule has 2 aromatic heterocycles. The quantitative estimate of drug-likeness (QED) is 0.205. The number of rotatable bonds is 7. The lowest BCUT2D eigenvalue weighted by Crippen LogP contribution is -2.13. The molecule has 2 heterocycles. The minimum absolute atomic E-state index is 0.201. The molecule has 0 fully saturated rings. The van der Waals surface area contributed by atoms with Crippen molar-refractivity contribution in [1.29, 1.82) is 0 Å². The second kappa shape index (κ2) is 8.99. The van der Waals surface area contributed by atoms with Gasteiger partial charge in [-0.05, 0) is 31.2 Å². The fourth-order valence-electron chi connectivity index (χ4n) is 3.73. The zero-order valence-corrected chi connectivity index (χ0v) is 21.5. The summed E-state index contributed by atoms with van der Waals surface area (Å²) in [6.07, 6.45) is 3.39. The zero-order chi connectivity index (χ0) is 23.0. The van der Waals surface area contributed by atoms with Crippen molar-refractivity contribution in [2.45, 2.75) is 18.4 Å². The number of benzene rings is 2. The summed E-state index contributed by atoms with van der Waals surface area (Å²) in [6.45, 7) is 2.67. The van der Waals surface area contributed by atoms with Crippen molar-refractivity contribution in [3.63, 3.8) is 0 Å². The van der Waals surface area contributed by atoms with Gasteiger partial charge in [0.15, 0.2) is 11.5 Å². The Kier molecular flexibility index (Phi) is 6.46. The summed E-state index contributed by atoms with van der Waals surface area (Å²) in [5.41, 5.74) is 3.14. The fraction of sp³-hybridized carbons (Fsp3) is 0.217. The van der Waals surface area contributed by atoms with Crippen molar-refractivity contribution in [2.24, 2.45) is 0 Å². The summed E-state index contributed by atoms with van der Waals surface area (Å²) in [5, 5.41) is 1.19. The molecule has 32 heavy (non-hydrogen) atoms. The van der Waals surface area contributed by atoms with Crippen molar-refractivity contribution in [3.05, 3.63) is 65.4 Å². The predicted octanol–water partition coefficient (Wildman–Crippen LogP) is 5.76. The lowest BCUT2D eigenvalue weighted by molar-refractivity contribution is 0.355. The van der Waals surface area contributed by atoms with Gasteiger partial charge in [-0.3, -0.25) is 0 Å². The van der Waals surface area contributed by atoms with E-state index in [1.807, 2.05) is 25.3 Å². The molecule has 0 aliphatic heterocycles. The van der Waals surface area contributed by atoms with Crippen molar-refractivity contribution in [3.8, 4) is 22.8 Å². The number of hydrogen-bond acceptors (Lipinski definition) is 4. The highest BCUT2D eigenvalue weighted by molar-refractivity contribution is 14.1. The zero-order valence-electron chi connectivity index (χ0n) is 17.8. The highest BCUT2D eigenvalue weighted by Crippen LogP contribution is 2.40. The maximum Gasteiger partial charge on any atom is 0.268 e. The smallest absolute Gasteiger partial charge is 0.268 e. The number of alkyl halides is 1. The molecule has 0 radical (unpaired) electrons. The van der Waals surface area contributed by atoms with Gasteiger partial charge < -0.3 is 14.0 Å². The third kappa shape index (κ3) is 3.99. The monoisotopic (exact) mass is 584 g/mol. The van der Waals surface area contributed by atoms with E-state index >= 15 is 0 Å². The first-order valence-corrected chi connectivity index (χ1v) is 13.2. The third-order valence-corrected chi connectivity index (χ3v) is 7.70. The van der Waals surface area contributed by atoms with Crippen LogP contribution >= 0.6 is 34.2 Å². The molecule has 0 saturated heterocycles. The van der Waals surface area contributed by atoms with Crippen molar-refractivity contribution in [2.75, 3.05) is 18.6 Å². The average Bonchev–Trinajstić information content (AvgIpc) is 3.34. The molecular weight excluding hydrogens is 563 g/mol. The number of ether oxygens (including phenoxy) is 2. The summed E-state index contributed by atoms with van der Waals surface area (Å²) >= 11 is 8.64. The number of aryl methyl sites for hydroxylation is 2. The summed E-state index contributed by atoms with van der Waals surface area (Å²) in [6, 6.07) is 12.2. The molecule has 2 aromatic carbocycles. The average molecular weight is 585 g/mol. The van der Waals surface area contributed by atoms with Crippen molar-refractivity contribution in [1.82, 2.24) is 8.54 Å². The molecule has 4 aromatic rings. The van der Waals surface area contributed by atoms with Gasteiger partial charge in [-0.2, -0.15) is 0 Å². The standard InChI is InChI=1S/C23H22ClIN2O4S/c1-15-4-6-17(7-5-15)32(28,29)27-13-16(24)10-21(27)19-14-26(9-8-25)20-12-23(31-3)22(30-2)11-18(19)20/h4-7,10-14H,8-9H2,1-3H3. The van der Waals surface area contributed by atoms with E-state index in [2.05, 4.69) is 27.2 Å². The van der Waals surface area contributed by atoms with Gasteiger partial charge >= 0.3 is 0 Å². The van der Waals surface area contributed by atoms with E-state index in [1.165, 1.54) is 10.2 Å². The van der Waals surface area contributed by atoms with E-state index in [0.29, 0.717) is 22.2 Å². The van der Waals surface area contributed by atoms with Crippen LogP contribution in [-0.2, 0) is 16.6 Å². The Morgan fingerprint density at radius 2 is 1.66 bits per heavy atom. The van der Waals surface area contributed by atoms with E-state index in [-0.39, 0.29) is 4.90 Å². The fourth-order valence-corrected chi connectivity index (χ4v) is 5.88. The maximum absolute atomic E-state index is 13.5. The summed E-state index contributed by atoms with van der Waals surface area (Å²) < 4.78 is 42.2. The second-order valence-electron chi connectivity index (χ2n) is 7.31. The van der Waals surface area contributed by atoms with Crippen LogP contribution in [-0.4, -0.2) is 35.6 Å². The topological polar surface area (TPSA) is 62.5 Å². The van der Waals surface area contributed by atoms with Gasteiger partial charge in [-0.1, -0.05) is 51.9 Å². The van der Waals surface area contributed by atoms with Crippen LogP contribution in [0.5, 0.6) is 11.5 Å². The molecule has 9 heteroatoms. The number of halogens is 2. The number of nitrogens with zero attached hydrogens (tertiary/aromatic N) is 2. The molecule has 0 aliphatic carbocycles. The van der Waals surface area contributed by atoms with Gasteiger partial charge in [0.2, 0.25) is 0 Å². The number of aromatic nitrogens is 2. The van der Waals surface area contributed by atoms with Gasteiger partial charge in [-0.15, -0.1) is 0 Å². The summed E-state index contributed by atoms with van der Waals surface area (Å²) in [4.78, 5) is 0.201. The molecule has 0 saturated carbocycles. The Hall–Kier alpha value is -2.17. The Bertz CT molecular complexity index is 1390. The van der Waals surface area contributed by atoms with E-state index in [0.717, 1.165) is 33.0 Å². The van der Waals surface area contributed by atoms with Crippen molar-refractivity contribution < 1.29 is 17.9 Å². The summed E-state index contributed by atoms with van der Waals surface area (Å²) in [5.74, 6) is 1.18. The molecule has 168 valence electrons. The van der Waals surface area contributed by atoms with Crippen LogP contribution in [0.4, 0.5) is 0 Å². The van der Waals surface area contributed by atoms with Crippen molar-refractivity contribution >= 4 is 55.1 Å². The molecule has 0 bridgehead atoms. The van der Waals surface area contributed by atoms with Crippen LogP contribution in [0.1, 0.15) is 5.56 Å². The molecular formula is C23H22ClIN2O4S. The Morgan fingerprint density at radius 3 is 2.28 bits per heavy atom. The molecule has 4 rings (SSSR count). The van der Waals surface area contributed by atoms with Gasteiger partial charge in [0.1, 0.15) is 0 Å². The van der Waals surface area contributed by atoms with Gasteiger partial charge in [-0.25, -0.2) is 12.4 Å². The number of fused-ring (bicyclic) bond motifs is 1. The highest BCUT2D eigenvalue weighted by Gasteiger charge is 2.24. The summed E-state index contributed by atoms with van der Waals surface area (Å²) in [7, 11) is -0.680. The second-order valence-corrected chi connectivity index (χ2v) is 10.6. The molecule has 6 nitrogen and oxygen atoms in total. The van der Waals surface area contributed by atoms with E-state index in [9.17, 15) is 8.42 Å². The number of methoxy groups -OCH3 is 2. The predicted molar refractivity (Wildman–Crippen MR) is 136 cm³/mol. The first-order valence-electron chi connectivity index (χ1n) is 9.81. The van der Waals surface area contributed by atoms with Crippen LogP contribution in [0.2, 0.25) is 5.02 Å². The molecule has 0 unspecified atom stereocenters. The Labute approximate surface area is 205 Å². The first-order chi connectivity index (χ1) is 15.3. The highest BCUT2D eigenvalue weighted by atomic mass is 127. The van der Waals surface area contributed by atoms with Gasteiger partial charge in [0.25, 0.3) is 10.0 Å².